The second kappa shape index (κ2) is 3.86. The summed E-state index contributed by atoms with van der Waals surface area (Å²) in [6, 6.07) is 0. The molecule has 0 bridgehead atoms. The predicted molar refractivity (Wildman–Crippen MR) is 66.2 cm³/mol. The van der Waals surface area contributed by atoms with E-state index in [0.29, 0.717) is 23.7 Å². The molecule has 1 saturated carbocycles. The highest BCUT2D eigenvalue weighted by Crippen LogP contribution is 2.50. The second-order valence-corrected chi connectivity index (χ2v) is 6.31. The number of hydrogen-bond acceptors (Lipinski definition) is 2. The number of rotatable bonds is 0. The molecule has 1 heterocycles. The lowest BCUT2D eigenvalue weighted by atomic mass is 9.76. The molecule has 0 aromatic rings. The monoisotopic (exact) mass is 234 g/mol. The zero-order valence-electron chi connectivity index (χ0n) is 10.9. The van der Waals surface area contributed by atoms with E-state index in [1.165, 1.54) is 6.42 Å². The Morgan fingerprint density at radius 1 is 1.18 bits per heavy atom. The van der Waals surface area contributed by atoms with Crippen molar-refractivity contribution in [2.75, 3.05) is 0 Å². The third kappa shape index (κ3) is 1.56. The van der Waals surface area contributed by atoms with Gasteiger partial charge in [0.15, 0.2) is 0 Å². The van der Waals surface area contributed by atoms with Crippen molar-refractivity contribution in [3.05, 3.63) is 12.2 Å². The topological polar surface area (TPSA) is 26.3 Å². The van der Waals surface area contributed by atoms with Crippen molar-refractivity contribution < 1.29 is 9.53 Å². The molecule has 0 radical (unpaired) electrons. The van der Waals surface area contributed by atoms with Crippen LogP contribution in [0.2, 0.25) is 0 Å². The van der Waals surface area contributed by atoms with Crippen LogP contribution in [0, 0.1) is 35.5 Å². The third-order valence-corrected chi connectivity index (χ3v) is 5.37. The molecule has 1 unspecified atom stereocenters. The standard InChI is InChI=1S/C15H22O2/c1-8-4-7-12-10(3)15(16)17-14(12)13-9(2)5-6-11(8)13/h5-6,8-14H,4,7H2,1-3H3/t8-,9?,10-,11+,12-,13-,14-/m0/s1. The molecule has 17 heavy (non-hydrogen) atoms. The summed E-state index contributed by atoms with van der Waals surface area (Å²) in [6.07, 6.45) is 7.27. The Morgan fingerprint density at radius 2 is 1.94 bits per heavy atom. The maximum Gasteiger partial charge on any atom is 0.309 e. The summed E-state index contributed by atoms with van der Waals surface area (Å²) >= 11 is 0. The number of esters is 1. The lowest BCUT2D eigenvalue weighted by Crippen LogP contribution is -2.33. The largest absolute Gasteiger partial charge is 0.461 e. The molecule has 2 heteroatoms. The van der Waals surface area contributed by atoms with Gasteiger partial charge in [0.25, 0.3) is 0 Å². The Hall–Kier alpha value is -0.790. The molecule has 2 fully saturated rings. The first kappa shape index (κ1) is 11.3. The van der Waals surface area contributed by atoms with Gasteiger partial charge in [-0.05, 0) is 30.6 Å². The molecule has 0 N–H and O–H groups in total. The number of ether oxygens (including phenoxy) is 1. The van der Waals surface area contributed by atoms with Crippen molar-refractivity contribution in [1.82, 2.24) is 0 Å². The molecule has 1 saturated heterocycles. The number of fused-ring (bicyclic) bond motifs is 3. The molecule has 0 aromatic carbocycles. The van der Waals surface area contributed by atoms with Crippen LogP contribution >= 0.6 is 0 Å². The molecule has 1 aliphatic heterocycles. The highest BCUT2D eigenvalue weighted by molar-refractivity contribution is 5.75. The lowest BCUT2D eigenvalue weighted by molar-refractivity contribution is -0.146. The predicted octanol–water partition coefficient (Wildman–Crippen LogP) is 3.03. The fourth-order valence-electron chi connectivity index (χ4n) is 4.21. The SMILES string of the molecule is CC1C=C[C@H]2[C@H]1[C@H]1OC(=O)[C@@H](C)[C@@H]1CC[C@@H]2C. The molecule has 0 amide bonds. The third-order valence-electron chi connectivity index (χ3n) is 5.37. The van der Waals surface area contributed by atoms with E-state index in [9.17, 15) is 4.79 Å². The molecule has 0 spiro atoms. The van der Waals surface area contributed by atoms with Crippen molar-refractivity contribution in [2.24, 2.45) is 35.5 Å². The average molecular weight is 234 g/mol. The van der Waals surface area contributed by atoms with Crippen LogP contribution in [0.4, 0.5) is 0 Å². The molecule has 2 nitrogen and oxygen atoms in total. The second-order valence-electron chi connectivity index (χ2n) is 6.31. The van der Waals surface area contributed by atoms with E-state index < -0.39 is 0 Å². The Kier molecular flexibility index (Phi) is 2.57. The van der Waals surface area contributed by atoms with Crippen molar-refractivity contribution in [1.29, 1.82) is 0 Å². The van der Waals surface area contributed by atoms with Gasteiger partial charge in [-0.3, -0.25) is 4.79 Å². The van der Waals surface area contributed by atoms with Gasteiger partial charge in [-0.1, -0.05) is 32.9 Å². The summed E-state index contributed by atoms with van der Waals surface area (Å²) in [6.45, 7) is 6.67. The van der Waals surface area contributed by atoms with E-state index in [2.05, 4.69) is 26.0 Å². The van der Waals surface area contributed by atoms with Crippen molar-refractivity contribution >= 4 is 5.97 Å². The summed E-state index contributed by atoms with van der Waals surface area (Å²) in [5.41, 5.74) is 0. The molecule has 2 aliphatic carbocycles. The van der Waals surface area contributed by atoms with Crippen LogP contribution in [0.5, 0.6) is 0 Å². The van der Waals surface area contributed by atoms with Crippen LogP contribution in [0.1, 0.15) is 33.6 Å². The lowest BCUT2D eigenvalue weighted by Gasteiger charge is -2.30. The summed E-state index contributed by atoms with van der Waals surface area (Å²) in [5.74, 6) is 3.06. The van der Waals surface area contributed by atoms with Crippen LogP contribution < -0.4 is 0 Å². The van der Waals surface area contributed by atoms with Crippen LogP contribution in [-0.2, 0) is 9.53 Å². The number of carbonyl (C=O) groups excluding carboxylic acids is 1. The molecule has 0 aromatic heterocycles. The van der Waals surface area contributed by atoms with Gasteiger partial charge < -0.3 is 4.74 Å². The van der Waals surface area contributed by atoms with Crippen molar-refractivity contribution in [3.63, 3.8) is 0 Å². The van der Waals surface area contributed by atoms with Crippen molar-refractivity contribution in [2.45, 2.75) is 39.7 Å². The van der Waals surface area contributed by atoms with Crippen molar-refractivity contribution in [3.8, 4) is 0 Å². The Bertz CT molecular complexity index is 360. The van der Waals surface area contributed by atoms with Gasteiger partial charge in [0.05, 0.1) is 5.92 Å². The first-order valence-corrected chi connectivity index (χ1v) is 6.98. The molecule has 7 atom stereocenters. The van der Waals surface area contributed by atoms with E-state index in [1.54, 1.807) is 0 Å². The first-order valence-electron chi connectivity index (χ1n) is 6.98. The van der Waals surface area contributed by atoms with Crippen LogP contribution in [-0.4, -0.2) is 12.1 Å². The van der Waals surface area contributed by atoms with Gasteiger partial charge in [0.2, 0.25) is 0 Å². The van der Waals surface area contributed by atoms with Gasteiger partial charge >= 0.3 is 5.97 Å². The minimum atomic E-state index is 0.0346. The Morgan fingerprint density at radius 3 is 2.71 bits per heavy atom. The molecule has 3 rings (SSSR count). The van der Waals surface area contributed by atoms with Gasteiger partial charge in [0, 0.05) is 11.8 Å². The normalized spacial score (nSPS) is 52.9. The molecule has 3 aliphatic rings. The van der Waals surface area contributed by atoms with Gasteiger partial charge in [-0.2, -0.15) is 0 Å². The number of hydrogen-bond donors (Lipinski definition) is 0. The fraction of sp³-hybridized carbons (Fsp3) is 0.800. The molecular formula is C15H22O2. The minimum absolute atomic E-state index is 0.0346. The van der Waals surface area contributed by atoms with Crippen LogP contribution in [0.15, 0.2) is 12.2 Å². The quantitative estimate of drug-likeness (QED) is 0.475. The number of allylic oxidation sites excluding steroid dienone is 2. The van der Waals surface area contributed by atoms with E-state index >= 15 is 0 Å². The summed E-state index contributed by atoms with van der Waals surface area (Å²) in [4.78, 5) is 11.8. The van der Waals surface area contributed by atoms with E-state index in [-0.39, 0.29) is 18.0 Å². The number of carbonyl (C=O) groups is 1. The highest BCUT2D eigenvalue weighted by atomic mass is 16.6. The Balaban J connectivity index is 1.94. The zero-order valence-corrected chi connectivity index (χ0v) is 10.9. The summed E-state index contributed by atoms with van der Waals surface area (Å²) in [5, 5.41) is 0. The zero-order chi connectivity index (χ0) is 12.2. The summed E-state index contributed by atoms with van der Waals surface area (Å²) in [7, 11) is 0. The Labute approximate surface area is 103 Å². The van der Waals surface area contributed by atoms with E-state index in [0.717, 1.165) is 12.3 Å². The fourth-order valence-corrected chi connectivity index (χ4v) is 4.21. The van der Waals surface area contributed by atoms with Gasteiger partial charge in [0.1, 0.15) is 6.10 Å². The van der Waals surface area contributed by atoms with Crippen LogP contribution in [0.3, 0.4) is 0 Å². The molecular weight excluding hydrogens is 212 g/mol. The van der Waals surface area contributed by atoms with Gasteiger partial charge in [-0.15, -0.1) is 0 Å². The first-order chi connectivity index (χ1) is 8.09. The van der Waals surface area contributed by atoms with E-state index in [4.69, 9.17) is 4.74 Å². The molecule has 94 valence electrons. The average Bonchev–Trinajstić information content (AvgIpc) is 2.75. The highest BCUT2D eigenvalue weighted by Gasteiger charge is 2.52. The smallest absolute Gasteiger partial charge is 0.309 e. The van der Waals surface area contributed by atoms with Crippen LogP contribution in [0.25, 0.3) is 0 Å². The maximum absolute atomic E-state index is 11.8. The van der Waals surface area contributed by atoms with Gasteiger partial charge in [-0.25, -0.2) is 0 Å². The summed E-state index contributed by atoms with van der Waals surface area (Å²) < 4.78 is 5.71. The van der Waals surface area contributed by atoms with E-state index in [1.807, 2.05) is 6.92 Å². The minimum Gasteiger partial charge on any atom is -0.461 e. The maximum atomic E-state index is 11.8.